The molecule has 0 radical (unpaired) electrons. The largest absolute Gasteiger partial charge is 0.476 e. The van der Waals surface area contributed by atoms with E-state index in [0.717, 1.165) is 6.42 Å². The molecule has 1 fully saturated rings. The Balaban J connectivity index is 2.02. The maximum absolute atomic E-state index is 10.9. The summed E-state index contributed by atoms with van der Waals surface area (Å²) in [5.41, 5.74) is 0.753. The monoisotopic (exact) mass is 220 g/mol. The van der Waals surface area contributed by atoms with Crippen molar-refractivity contribution < 1.29 is 9.90 Å². The molecule has 2 N–H and O–H groups in total. The van der Waals surface area contributed by atoms with E-state index in [-0.39, 0.29) is 5.69 Å². The second kappa shape index (κ2) is 4.51. The van der Waals surface area contributed by atoms with Crippen LogP contribution in [0.15, 0.2) is 18.3 Å². The standard InChI is InChI=1S/C12H16N2O2/c1-2-4-8-7-10(8)14-9-5-3-6-13-11(9)12(15)16/h3,5-6,8,10,14H,2,4,7H2,1H3,(H,15,16). The van der Waals surface area contributed by atoms with Crippen molar-refractivity contribution in [1.82, 2.24) is 4.98 Å². The number of anilines is 1. The van der Waals surface area contributed by atoms with Crippen LogP contribution >= 0.6 is 0 Å². The zero-order valence-corrected chi connectivity index (χ0v) is 9.31. The fourth-order valence-electron chi connectivity index (χ4n) is 2.01. The van der Waals surface area contributed by atoms with Gasteiger partial charge in [-0.1, -0.05) is 13.3 Å². The average Bonchev–Trinajstić information content (AvgIpc) is 2.97. The molecule has 1 aliphatic carbocycles. The predicted octanol–water partition coefficient (Wildman–Crippen LogP) is 2.38. The van der Waals surface area contributed by atoms with E-state index in [4.69, 9.17) is 5.11 Å². The van der Waals surface area contributed by atoms with E-state index < -0.39 is 5.97 Å². The molecule has 0 aliphatic heterocycles. The summed E-state index contributed by atoms with van der Waals surface area (Å²) >= 11 is 0. The summed E-state index contributed by atoms with van der Waals surface area (Å²) < 4.78 is 0. The molecule has 2 rings (SSSR count). The molecule has 86 valence electrons. The quantitative estimate of drug-likeness (QED) is 0.799. The molecular formula is C12H16N2O2. The van der Waals surface area contributed by atoms with Gasteiger partial charge in [-0.2, -0.15) is 0 Å². The number of nitrogens with one attached hydrogen (secondary N) is 1. The van der Waals surface area contributed by atoms with Crippen LogP contribution in [0, 0.1) is 5.92 Å². The molecule has 4 nitrogen and oxygen atoms in total. The minimum atomic E-state index is -0.976. The number of carbonyl (C=O) groups is 1. The Kier molecular flexibility index (Phi) is 3.08. The van der Waals surface area contributed by atoms with E-state index in [1.54, 1.807) is 12.1 Å². The third-order valence-electron chi connectivity index (χ3n) is 2.93. The topological polar surface area (TPSA) is 62.2 Å². The van der Waals surface area contributed by atoms with E-state index in [1.807, 2.05) is 0 Å². The van der Waals surface area contributed by atoms with Gasteiger partial charge in [0.25, 0.3) is 0 Å². The van der Waals surface area contributed by atoms with E-state index in [2.05, 4.69) is 17.2 Å². The first-order chi connectivity index (χ1) is 7.72. The van der Waals surface area contributed by atoms with Crippen molar-refractivity contribution in [3.63, 3.8) is 0 Å². The van der Waals surface area contributed by atoms with Crippen molar-refractivity contribution in [3.05, 3.63) is 24.0 Å². The Morgan fingerprint density at radius 1 is 1.69 bits per heavy atom. The van der Waals surface area contributed by atoms with Gasteiger partial charge in [-0.05, 0) is 30.9 Å². The van der Waals surface area contributed by atoms with Crippen molar-refractivity contribution in [1.29, 1.82) is 0 Å². The second-order valence-electron chi connectivity index (χ2n) is 4.24. The molecule has 16 heavy (non-hydrogen) atoms. The van der Waals surface area contributed by atoms with Crippen LogP contribution in [0.1, 0.15) is 36.7 Å². The predicted molar refractivity (Wildman–Crippen MR) is 61.6 cm³/mol. The summed E-state index contributed by atoms with van der Waals surface area (Å²) in [7, 11) is 0. The van der Waals surface area contributed by atoms with Crippen LogP contribution in [0.4, 0.5) is 5.69 Å². The molecule has 0 saturated heterocycles. The van der Waals surface area contributed by atoms with Crippen LogP contribution in [0.2, 0.25) is 0 Å². The van der Waals surface area contributed by atoms with Crippen LogP contribution < -0.4 is 5.32 Å². The van der Waals surface area contributed by atoms with Crippen molar-refractivity contribution in [2.45, 2.75) is 32.2 Å². The zero-order valence-electron chi connectivity index (χ0n) is 9.31. The maximum Gasteiger partial charge on any atom is 0.356 e. The van der Waals surface area contributed by atoms with Crippen LogP contribution in [0.5, 0.6) is 0 Å². The molecule has 4 heteroatoms. The molecule has 1 aromatic heterocycles. The van der Waals surface area contributed by atoms with E-state index in [0.29, 0.717) is 17.6 Å². The number of rotatable bonds is 5. The van der Waals surface area contributed by atoms with Gasteiger partial charge in [0.15, 0.2) is 5.69 Å². The summed E-state index contributed by atoms with van der Waals surface area (Å²) in [5, 5.41) is 12.2. The molecule has 1 aromatic rings. The fraction of sp³-hybridized carbons (Fsp3) is 0.500. The Morgan fingerprint density at radius 3 is 3.19 bits per heavy atom. The number of aromatic nitrogens is 1. The highest BCUT2D eigenvalue weighted by Crippen LogP contribution is 2.37. The average molecular weight is 220 g/mol. The first-order valence-electron chi connectivity index (χ1n) is 5.67. The molecule has 2 atom stereocenters. The Bertz CT molecular complexity index is 392. The van der Waals surface area contributed by atoms with Gasteiger partial charge >= 0.3 is 5.97 Å². The van der Waals surface area contributed by atoms with Crippen LogP contribution in [-0.2, 0) is 0 Å². The van der Waals surface area contributed by atoms with Gasteiger partial charge in [0.05, 0.1) is 5.69 Å². The highest BCUT2D eigenvalue weighted by Gasteiger charge is 2.36. The number of nitrogens with zero attached hydrogens (tertiary/aromatic N) is 1. The third-order valence-corrected chi connectivity index (χ3v) is 2.93. The molecule has 2 unspecified atom stereocenters. The normalized spacial score (nSPS) is 22.8. The first kappa shape index (κ1) is 10.9. The summed E-state index contributed by atoms with van der Waals surface area (Å²) in [6, 6.07) is 3.96. The molecule has 1 saturated carbocycles. The third kappa shape index (κ3) is 2.32. The summed E-state index contributed by atoms with van der Waals surface area (Å²) in [6.45, 7) is 2.17. The Hall–Kier alpha value is -1.58. The van der Waals surface area contributed by atoms with Crippen molar-refractivity contribution >= 4 is 11.7 Å². The van der Waals surface area contributed by atoms with Gasteiger partial charge in [0.2, 0.25) is 0 Å². The lowest BCUT2D eigenvalue weighted by atomic mass is 10.2. The Labute approximate surface area is 94.7 Å². The van der Waals surface area contributed by atoms with E-state index >= 15 is 0 Å². The SMILES string of the molecule is CCCC1CC1Nc1cccnc1C(=O)O. The highest BCUT2D eigenvalue weighted by atomic mass is 16.4. The zero-order chi connectivity index (χ0) is 11.5. The lowest BCUT2D eigenvalue weighted by molar-refractivity contribution is 0.0691. The summed E-state index contributed by atoms with van der Waals surface area (Å²) in [5.74, 6) is -0.275. The molecule has 0 spiro atoms. The number of carboxylic acids is 1. The van der Waals surface area contributed by atoms with Gasteiger partial charge in [0, 0.05) is 12.2 Å². The number of hydrogen-bond acceptors (Lipinski definition) is 3. The summed E-state index contributed by atoms with van der Waals surface area (Å²) in [6.07, 6.45) is 5.04. The van der Waals surface area contributed by atoms with Crippen LogP contribution in [0.25, 0.3) is 0 Å². The molecular weight excluding hydrogens is 204 g/mol. The van der Waals surface area contributed by atoms with Gasteiger partial charge in [-0.3, -0.25) is 0 Å². The lowest BCUT2D eigenvalue weighted by Crippen LogP contribution is -2.11. The number of carboxylic acid groups (broad SMARTS) is 1. The summed E-state index contributed by atoms with van der Waals surface area (Å²) in [4.78, 5) is 14.8. The number of aromatic carboxylic acids is 1. The highest BCUT2D eigenvalue weighted by molar-refractivity contribution is 5.91. The smallest absolute Gasteiger partial charge is 0.356 e. The van der Waals surface area contributed by atoms with E-state index in [9.17, 15) is 4.79 Å². The second-order valence-corrected chi connectivity index (χ2v) is 4.24. The maximum atomic E-state index is 10.9. The van der Waals surface area contributed by atoms with Crippen molar-refractivity contribution in [2.75, 3.05) is 5.32 Å². The minimum Gasteiger partial charge on any atom is -0.476 e. The van der Waals surface area contributed by atoms with Crippen LogP contribution in [-0.4, -0.2) is 22.1 Å². The van der Waals surface area contributed by atoms with Gasteiger partial charge in [-0.15, -0.1) is 0 Å². The number of pyridine rings is 1. The molecule has 0 bridgehead atoms. The Morgan fingerprint density at radius 2 is 2.50 bits per heavy atom. The fourth-order valence-corrected chi connectivity index (χ4v) is 2.01. The van der Waals surface area contributed by atoms with Crippen molar-refractivity contribution in [2.24, 2.45) is 5.92 Å². The first-order valence-corrected chi connectivity index (χ1v) is 5.67. The van der Waals surface area contributed by atoms with Gasteiger partial charge in [-0.25, -0.2) is 9.78 Å². The molecule has 1 aliphatic rings. The van der Waals surface area contributed by atoms with E-state index in [1.165, 1.54) is 19.0 Å². The molecule has 0 aromatic carbocycles. The molecule has 0 amide bonds. The number of hydrogen-bond donors (Lipinski definition) is 2. The minimum absolute atomic E-state index is 0.115. The van der Waals surface area contributed by atoms with Crippen molar-refractivity contribution in [3.8, 4) is 0 Å². The van der Waals surface area contributed by atoms with Crippen LogP contribution in [0.3, 0.4) is 0 Å². The lowest BCUT2D eigenvalue weighted by Gasteiger charge is -2.07. The van der Waals surface area contributed by atoms with Gasteiger partial charge in [0.1, 0.15) is 0 Å². The molecule has 1 heterocycles. The van der Waals surface area contributed by atoms with Gasteiger partial charge < -0.3 is 10.4 Å².